The van der Waals surface area contributed by atoms with Gasteiger partial charge in [-0.1, -0.05) is 36.4 Å². The Balaban J connectivity index is 1.65. The maximum atomic E-state index is 12.6. The maximum absolute atomic E-state index is 12.6. The number of ether oxygens (including phenoxy) is 3. The van der Waals surface area contributed by atoms with Gasteiger partial charge in [-0.05, 0) is 23.3 Å². The Morgan fingerprint density at radius 1 is 1.00 bits per heavy atom. The van der Waals surface area contributed by atoms with E-state index in [1.807, 2.05) is 30.3 Å². The summed E-state index contributed by atoms with van der Waals surface area (Å²) in [4.78, 5) is 12.6. The number of ketones is 1. The number of aliphatic hydroxyl groups excluding tert-OH is 1. The highest BCUT2D eigenvalue weighted by atomic mass is 16.5. The van der Waals surface area contributed by atoms with Gasteiger partial charge in [0.2, 0.25) is 5.78 Å². The zero-order valence-electron chi connectivity index (χ0n) is 16.1. The number of hydrogen-bond donors (Lipinski definition) is 3. The minimum Gasteiger partial charge on any atom is -0.508 e. The fourth-order valence-corrected chi connectivity index (χ4v) is 3.38. The molecule has 2 atom stereocenters. The highest BCUT2D eigenvalue weighted by Gasteiger charge is 2.39. The molecule has 0 saturated carbocycles. The summed E-state index contributed by atoms with van der Waals surface area (Å²) in [5.74, 6) is -0.490. The zero-order valence-corrected chi connectivity index (χ0v) is 16.1. The van der Waals surface area contributed by atoms with Gasteiger partial charge in [-0.2, -0.15) is 0 Å². The number of carbonyl (C=O) groups is 1. The van der Waals surface area contributed by atoms with Crippen molar-refractivity contribution < 1.29 is 34.3 Å². The van der Waals surface area contributed by atoms with Crippen molar-refractivity contribution in [2.75, 3.05) is 7.11 Å². The van der Waals surface area contributed by atoms with Crippen molar-refractivity contribution in [3.63, 3.8) is 0 Å². The third kappa shape index (κ3) is 3.62. The molecule has 2 unspecified atom stereocenters. The summed E-state index contributed by atoms with van der Waals surface area (Å²) in [5.41, 5.74) is 1.28. The third-order valence-electron chi connectivity index (χ3n) is 4.88. The molecule has 154 valence electrons. The Labute approximate surface area is 172 Å². The quantitative estimate of drug-likeness (QED) is 0.594. The summed E-state index contributed by atoms with van der Waals surface area (Å²) in [7, 11) is 1.52. The van der Waals surface area contributed by atoms with Crippen LogP contribution in [0.25, 0.3) is 0 Å². The number of hydrogen-bond acceptors (Lipinski definition) is 7. The van der Waals surface area contributed by atoms with Crippen molar-refractivity contribution in [1.29, 1.82) is 0 Å². The molecule has 3 aromatic rings. The normalized spacial score (nSPS) is 17.7. The van der Waals surface area contributed by atoms with Gasteiger partial charge in [0.25, 0.3) is 0 Å². The van der Waals surface area contributed by atoms with Crippen molar-refractivity contribution in [3.05, 3.63) is 77.4 Å². The summed E-state index contributed by atoms with van der Waals surface area (Å²) in [5, 5.41) is 30.2. The SMILES string of the molecule is COc1ccc(C2Oc3cc(O)cc(O)c3C(=O)C2O)cc1OCc1ccccc1. The minimum atomic E-state index is -1.54. The van der Waals surface area contributed by atoms with E-state index in [9.17, 15) is 20.1 Å². The van der Waals surface area contributed by atoms with Gasteiger partial charge in [0.15, 0.2) is 23.7 Å². The summed E-state index contributed by atoms with van der Waals surface area (Å²) in [6.45, 7) is 0.304. The first-order valence-electron chi connectivity index (χ1n) is 9.27. The topological polar surface area (TPSA) is 105 Å². The smallest absolute Gasteiger partial charge is 0.202 e. The second-order valence-corrected chi connectivity index (χ2v) is 6.87. The van der Waals surface area contributed by atoms with E-state index in [1.165, 1.54) is 13.2 Å². The minimum absolute atomic E-state index is 0.00429. The van der Waals surface area contributed by atoms with Crippen molar-refractivity contribution in [1.82, 2.24) is 0 Å². The number of fused-ring (bicyclic) bond motifs is 1. The van der Waals surface area contributed by atoms with Crippen LogP contribution in [0.1, 0.15) is 27.6 Å². The van der Waals surface area contributed by atoms with Gasteiger partial charge in [0.05, 0.1) is 7.11 Å². The van der Waals surface area contributed by atoms with Crippen molar-refractivity contribution >= 4 is 5.78 Å². The summed E-state index contributed by atoms with van der Waals surface area (Å²) in [6.07, 6.45) is -2.58. The molecule has 4 rings (SSSR count). The number of aliphatic hydroxyl groups is 1. The number of benzene rings is 3. The number of rotatable bonds is 5. The van der Waals surface area contributed by atoms with Gasteiger partial charge in [-0.15, -0.1) is 0 Å². The molecule has 3 aromatic carbocycles. The van der Waals surface area contributed by atoms with E-state index in [-0.39, 0.29) is 17.1 Å². The number of methoxy groups -OCH3 is 1. The Bertz CT molecular complexity index is 1080. The van der Waals surface area contributed by atoms with Gasteiger partial charge in [0, 0.05) is 12.1 Å². The van der Waals surface area contributed by atoms with Gasteiger partial charge >= 0.3 is 0 Å². The molecule has 7 heteroatoms. The lowest BCUT2D eigenvalue weighted by atomic mass is 9.92. The molecule has 3 N–H and O–H groups in total. The van der Waals surface area contributed by atoms with Crippen LogP contribution in [0.2, 0.25) is 0 Å². The Hall–Kier alpha value is -3.71. The lowest BCUT2D eigenvalue weighted by Gasteiger charge is -2.30. The van der Waals surface area contributed by atoms with Crippen molar-refractivity contribution in [2.45, 2.75) is 18.8 Å². The monoisotopic (exact) mass is 408 g/mol. The second-order valence-electron chi connectivity index (χ2n) is 6.87. The molecule has 30 heavy (non-hydrogen) atoms. The van der Waals surface area contributed by atoms with Crippen molar-refractivity contribution in [3.8, 4) is 28.7 Å². The molecule has 7 nitrogen and oxygen atoms in total. The molecular formula is C23H20O7. The molecule has 0 aromatic heterocycles. The molecule has 1 heterocycles. The van der Waals surface area contributed by atoms with Crippen LogP contribution >= 0.6 is 0 Å². The standard InChI is InChI=1S/C23H20O7/c1-28-17-8-7-14(9-18(17)29-12-13-5-3-2-4-6-13)23-22(27)21(26)20-16(25)10-15(24)11-19(20)30-23/h2-11,22-25,27H,12H2,1H3. The first-order chi connectivity index (χ1) is 14.5. The summed E-state index contributed by atoms with van der Waals surface area (Å²) in [6, 6.07) is 16.8. The zero-order chi connectivity index (χ0) is 21.3. The second kappa shape index (κ2) is 7.96. The van der Waals surface area contributed by atoms with Crippen LogP contribution in [0.5, 0.6) is 28.7 Å². The van der Waals surface area contributed by atoms with Gasteiger partial charge < -0.3 is 29.5 Å². The molecule has 1 aliphatic rings. The number of aromatic hydroxyl groups is 2. The van der Waals surface area contributed by atoms with E-state index in [2.05, 4.69) is 0 Å². The van der Waals surface area contributed by atoms with Crippen LogP contribution in [-0.2, 0) is 6.61 Å². The average molecular weight is 408 g/mol. The molecule has 0 saturated heterocycles. The lowest BCUT2D eigenvalue weighted by molar-refractivity contribution is 0.0209. The number of phenolic OH excluding ortho intramolecular Hbond substituents is 2. The lowest BCUT2D eigenvalue weighted by Crippen LogP contribution is -2.36. The molecular weight excluding hydrogens is 388 g/mol. The van der Waals surface area contributed by atoms with Gasteiger partial charge in [-0.3, -0.25) is 4.79 Å². The Kier molecular flexibility index (Phi) is 5.20. The summed E-state index contributed by atoms with van der Waals surface area (Å²) >= 11 is 0. The Morgan fingerprint density at radius 2 is 1.77 bits per heavy atom. The van der Waals surface area contributed by atoms with Crippen LogP contribution < -0.4 is 14.2 Å². The first-order valence-corrected chi connectivity index (χ1v) is 9.27. The predicted molar refractivity (Wildman–Crippen MR) is 107 cm³/mol. The highest BCUT2D eigenvalue weighted by Crippen LogP contribution is 2.43. The molecule has 0 radical (unpaired) electrons. The van der Waals surface area contributed by atoms with E-state index in [0.717, 1.165) is 11.6 Å². The van der Waals surface area contributed by atoms with Crippen molar-refractivity contribution in [2.24, 2.45) is 0 Å². The molecule has 0 spiro atoms. The number of Topliss-reactive ketones (excluding diaryl/α,β-unsaturated/α-hetero) is 1. The van der Waals surface area contributed by atoms with Crippen LogP contribution in [0.3, 0.4) is 0 Å². The molecule has 0 bridgehead atoms. The van der Waals surface area contributed by atoms with Crippen LogP contribution in [0.15, 0.2) is 60.7 Å². The number of carbonyl (C=O) groups excluding carboxylic acids is 1. The molecule has 0 fully saturated rings. The van der Waals surface area contributed by atoms with Crippen LogP contribution in [0, 0.1) is 0 Å². The third-order valence-corrected chi connectivity index (χ3v) is 4.88. The molecule has 0 aliphatic carbocycles. The average Bonchev–Trinajstić information content (AvgIpc) is 2.74. The van der Waals surface area contributed by atoms with E-state index in [0.29, 0.717) is 23.7 Å². The van der Waals surface area contributed by atoms with E-state index in [1.54, 1.807) is 18.2 Å². The van der Waals surface area contributed by atoms with Gasteiger partial charge in [-0.25, -0.2) is 0 Å². The number of phenols is 2. The first kappa shape index (κ1) is 19.6. The van der Waals surface area contributed by atoms with E-state index in [4.69, 9.17) is 14.2 Å². The summed E-state index contributed by atoms with van der Waals surface area (Å²) < 4.78 is 17.0. The van der Waals surface area contributed by atoms with E-state index >= 15 is 0 Å². The highest BCUT2D eigenvalue weighted by molar-refractivity contribution is 6.05. The van der Waals surface area contributed by atoms with E-state index < -0.39 is 23.7 Å². The van der Waals surface area contributed by atoms with Crippen LogP contribution in [0.4, 0.5) is 0 Å². The largest absolute Gasteiger partial charge is 0.508 e. The van der Waals surface area contributed by atoms with Crippen LogP contribution in [-0.4, -0.2) is 34.3 Å². The molecule has 1 aliphatic heterocycles. The maximum Gasteiger partial charge on any atom is 0.202 e. The fraction of sp³-hybridized carbons (Fsp3) is 0.174. The molecule has 0 amide bonds. The van der Waals surface area contributed by atoms with Gasteiger partial charge in [0.1, 0.15) is 29.4 Å². The fourth-order valence-electron chi connectivity index (χ4n) is 3.38. The predicted octanol–water partition coefficient (Wildman–Crippen LogP) is 3.36. The Morgan fingerprint density at radius 3 is 2.50 bits per heavy atom.